The summed E-state index contributed by atoms with van der Waals surface area (Å²) in [5, 5.41) is 0. The SMILES string of the molecule is O=c1cc(N2CCC(c3ccccc3)CC2)ncn1CC(F)(F)F. The van der Waals surface area contributed by atoms with Crippen LogP contribution in [0.5, 0.6) is 0 Å². The fourth-order valence-corrected chi connectivity index (χ4v) is 3.07. The zero-order chi connectivity index (χ0) is 17.2. The van der Waals surface area contributed by atoms with Gasteiger partial charge in [0, 0.05) is 19.2 Å². The van der Waals surface area contributed by atoms with E-state index in [2.05, 4.69) is 17.1 Å². The topological polar surface area (TPSA) is 38.1 Å². The van der Waals surface area contributed by atoms with E-state index in [1.807, 2.05) is 23.1 Å². The molecule has 1 aliphatic rings. The third kappa shape index (κ3) is 3.96. The maximum atomic E-state index is 12.4. The van der Waals surface area contributed by atoms with Gasteiger partial charge in [-0.1, -0.05) is 30.3 Å². The fourth-order valence-electron chi connectivity index (χ4n) is 3.07. The van der Waals surface area contributed by atoms with Crippen LogP contribution in [-0.4, -0.2) is 28.8 Å². The molecule has 128 valence electrons. The summed E-state index contributed by atoms with van der Waals surface area (Å²) in [6.45, 7) is 0.153. The molecule has 1 aliphatic heterocycles. The van der Waals surface area contributed by atoms with Gasteiger partial charge in [0.1, 0.15) is 18.7 Å². The molecule has 0 saturated carbocycles. The van der Waals surface area contributed by atoms with E-state index >= 15 is 0 Å². The van der Waals surface area contributed by atoms with Crippen LogP contribution in [0.15, 0.2) is 47.5 Å². The van der Waals surface area contributed by atoms with Crippen LogP contribution in [-0.2, 0) is 6.54 Å². The molecule has 4 nitrogen and oxygen atoms in total. The standard InChI is InChI=1S/C17H18F3N3O/c18-17(19,20)11-23-12-21-15(10-16(23)24)22-8-6-14(7-9-22)13-4-2-1-3-5-13/h1-5,10,12,14H,6-9,11H2. The fraction of sp³-hybridized carbons (Fsp3) is 0.412. The molecule has 0 radical (unpaired) electrons. The van der Waals surface area contributed by atoms with Gasteiger partial charge in [-0.2, -0.15) is 13.2 Å². The predicted molar refractivity (Wildman–Crippen MR) is 85.2 cm³/mol. The predicted octanol–water partition coefficient (Wildman–Crippen LogP) is 3.19. The normalized spacial score (nSPS) is 16.4. The van der Waals surface area contributed by atoms with Crippen LogP contribution in [0.4, 0.5) is 19.0 Å². The summed E-state index contributed by atoms with van der Waals surface area (Å²) in [7, 11) is 0. The van der Waals surface area contributed by atoms with E-state index in [-0.39, 0.29) is 0 Å². The van der Waals surface area contributed by atoms with Crippen LogP contribution < -0.4 is 10.5 Å². The number of nitrogens with zero attached hydrogens (tertiary/aromatic N) is 3. The van der Waals surface area contributed by atoms with E-state index in [1.165, 1.54) is 11.6 Å². The molecule has 0 bridgehead atoms. The molecule has 2 heterocycles. The highest BCUT2D eigenvalue weighted by Crippen LogP contribution is 2.29. The molecule has 0 amide bonds. The van der Waals surface area contributed by atoms with Crippen molar-refractivity contribution in [3.05, 3.63) is 58.6 Å². The van der Waals surface area contributed by atoms with Crippen molar-refractivity contribution in [2.45, 2.75) is 31.5 Å². The first kappa shape index (κ1) is 16.5. The molecule has 0 unspecified atom stereocenters. The number of alkyl halides is 3. The average Bonchev–Trinajstić information content (AvgIpc) is 2.57. The highest BCUT2D eigenvalue weighted by Gasteiger charge is 2.29. The number of aromatic nitrogens is 2. The lowest BCUT2D eigenvalue weighted by Gasteiger charge is -2.33. The summed E-state index contributed by atoms with van der Waals surface area (Å²) < 4.78 is 37.7. The Hall–Kier alpha value is -2.31. The average molecular weight is 337 g/mol. The smallest absolute Gasteiger partial charge is 0.356 e. The van der Waals surface area contributed by atoms with Crippen molar-refractivity contribution in [2.75, 3.05) is 18.0 Å². The van der Waals surface area contributed by atoms with Crippen LogP contribution in [0.2, 0.25) is 0 Å². The minimum atomic E-state index is -4.43. The van der Waals surface area contributed by atoms with Gasteiger partial charge in [0.15, 0.2) is 0 Å². The Morgan fingerprint density at radius 2 is 1.79 bits per heavy atom. The van der Waals surface area contributed by atoms with Crippen molar-refractivity contribution in [1.82, 2.24) is 9.55 Å². The third-order valence-corrected chi connectivity index (χ3v) is 4.30. The summed E-state index contributed by atoms with van der Waals surface area (Å²) in [6, 6.07) is 11.4. The second-order valence-corrected chi connectivity index (χ2v) is 6.00. The summed E-state index contributed by atoms with van der Waals surface area (Å²) in [5.41, 5.74) is 0.619. The number of piperidine rings is 1. The summed E-state index contributed by atoms with van der Waals surface area (Å²) in [4.78, 5) is 17.8. The molecule has 0 N–H and O–H groups in total. The monoisotopic (exact) mass is 337 g/mol. The number of halogens is 3. The molecule has 0 aliphatic carbocycles. The quantitative estimate of drug-likeness (QED) is 0.863. The first-order chi connectivity index (χ1) is 11.4. The van der Waals surface area contributed by atoms with Gasteiger partial charge in [0.25, 0.3) is 5.56 Å². The molecular weight excluding hydrogens is 319 g/mol. The molecule has 24 heavy (non-hydrogen) atoms. The van der Waals surface area contributed by atoms with E-state index in [0.29, 0.717) is 16.3 Å². The van der Waals surface area contributed by atoms with Crippen LogP contribution in [0.3, 0.4) is 0 Å². The van der Waals surface area contributed by atoms with Gasteiger partial charge < -0.3 is 4.90 Å². The van der Waals surface area contributed by atoms with Crippen molar-refractivity contribution in [1.29, 1.82) is 0 Å². The molecule has 1 saturated heterocycles. The number of anilines is 1. The Kier molecular flexibility index (Phi) is 4.59. The lowest BCUT2D eigenvalue weighted by atomic mass is 9.89. The molecule has 0 atom stereocenters. The molecular formula is C17H18F3N3O. The Morgan fingerprint density at radius 3 is 2.38 bits per heavy atom. The number of hydrogen-bond acceptors (Lipinski definition) is 3. The van der Waals surface area contributed by atoms with E-state index in [9.17, 15) is 18.0 Å². The number of rotatable bonds is 3. The largest absolute Gasteiger partial charge is 0.406 e. The maximum absolute atomic E-state index is 12.4. The van der Waals surface area contributed by atoms with Crippen molar-refractivity contribution < 1.29 is 13.2 Å². The third-order valence-electron chi connectivity index (χ3n) is 4.30. The van der Waals surface area contributed by atoms with Crippen LogP contribution in [0.25, 0.3) is 0 Å². The van der Waals surface area contributed by atoms with Gasteiger partial charge in [0.05, 0.1) is 0 Å². The molecule has 0 spiro atoms. The highest BCUT2D eigenvalue weighted by atomic mass is 19.4. The molecule has 1 fully saturated rings. The maximum Gasteiger partial charge on any atom is 0.406 e. The Bertz CT molecular complexity index is 735. The first-order valence-corrected chi connectivity index (χ1v) is 7.85. The lowest BCUT2D eigenvalue weighted by Crippen LogP contribution is -2.35. The van der Waals surface area contributed by atoms with Gasteiger partial charge in [-0.3, -0.25) is 9.36 Å². The van der Waals surface area contributed by atoms with Crippen molar-refractivity contribution in [3.8, 4) is 0 Å². The van der Waals surface area contributed by atoms with Gasteiger partial charge in [-0.05, 0) is 24.3 Å². The zero-order valence-corrected chi connectivity index (χ0v) is 13.0. The van der Waals surface area contributed by atoms with Crippen molar-refractivity contribution >= 4 is 5.82 Å². The van der Waals surface area contributed by atoms with E-state index < -0.39 is 18.3 Å². The van der Waals surface area contributed by atoms with E-state index in [1.54, 1.807) is 0 Å². The summed E-state index contributed by atoms with van der Waals surface area (Å²) in [5.74, 6) is 0.915. The summed E-state index contributed by atoms with van der Waals surface area (Å²) in [6.07, 6.45) is -1.59. The second-order valence-electron chi connectivity index (χ2n) is 6.00. The van der Waals surface area contributed by atoms with Crippen molar-refractivity contribution in [2.24, 2.45) is 0 Å². The Balaban J connectivity index is 1.66. The second kappa shape index (κ2) is 6.67. The minimum Gasteiger partial charge on any atom is -0.356 e. The van der Waals surface area contributed by atoms with E-state index in [4.69, 9.17) is 0 Å². The number of hydrogen-bond donors (Lipinski definition) is 0. The molecule has 1 aromatic carbocycles. The highest BCUT2D eigenvalue weighted by molar-refractivity contribution is 5.38. The van der Waals surface area contributed by atoms with Gasteiger partial charge >= 0.3 is 6.18 Å². The van der Waals surface area contributed by atoms with Gasteiger partial charge in [0.2, 0.25) is 0 Å². The first-order valence-electron chi connectivity index (χ1n) is 7.85. The molecule has 1 aromatic heterocycles. The van der Waals surface area contributed by atoms with Gasteiger partial charge in [-0.25, -0.2) is 4.98 Å². The Labute approximate surface area is 137 Å². The van der Waals surface area contributed by atoms with Crippen molar-refractivity contribution in [3.63, 3.8) is 0 Å². The van der Waals surface area contributed by atoms with Crippen LogP contribution in [0.1, 0.15) is 24.3 Å². The van der Waals surface area contributed by atoms with Crippen LogP contribution >= 0.6 is 0 Å². The van der Waals surface area contributed by atoms with Crippen LogP contribution in [0, 0.1) is 0 Å². The van der Waals surface area contributed by atoms with E-state index in [0.717, 1.165) is 32.3 Å². The zero-order valence-electron chi connectivity index (χ0n) is 13.0. The summed E-state index contributed by atoms with van der Waals surface area (Å²) >= 11 is 0. The Morgan fingerprint density at radius 1 is 1.12 bits per heavy atom. The molecule has 2 aromatic rings. The molecule has 3 rings (SSSR count). The molecule has 7 heteroatoms. The number of benzene rings is 1. The van der Waals surface area contributed by atoms with Gasteiger partial charge in [-0.15, -0.1) is 0 Å². The minimum absolute atomic E-state index is 0.449. The lowest BCUT2D eigenvalue weighted by molar-refractivity contribution is -0.141.